The van der Waals surface area contributed by atoms with E-state index in [9.17, 15) is 18.3 Å². The van der Waals surface area contributed by atoms with E-state index in [0.717, 1.165) is 0 Å². The van der Waals surface area contributed by atoms with E-state index in [1.165, 1.54) is 23.0 Å². The first kappa shape index (κ1) is 21.6. The largest absolute Gasteiger partial charge is 0.442 e. The summed E-state index contributed by atoms with van der Waals surface area (Å²) in [7, 11) is 0. The topological polar surface area (TPSA) is 118 Å². The summed E-state index contributed by atoms with van der Waals surface area (Å²) in [5.41, 5.74) is -2.21. The van der Waals surface area contributed by atoms with Crippen molar-refractivity contribution in [3.05, 3.63) is 35.4 Å². The highest BCUT2D eigenvalue weighted by Gasteiger charge is 2.66. The van der Waals surface area contributed by atoms with E-state index in [4.69, 9.17) is 4.98 Å². The van der Waals surface area contributed by atoms with Crippen molar-refractivity contribution in [1.82, 2.24) is 29.9 Å². The number of halogens is 3. The summed E-state index contributed by atoms with van der Waals surface area (Å²) in [4.78, 5) is 15.4. The molecule has 0 bridgehead atoms. The highest BCUT2D eigenvalue weighted by molar-refractivity contribution is 5.83. The third-order valence-electron chi connectivity index (χ3n) is 5.74. The van der Waals surface area contributed by atoms with Gasteiger partial charge in [-0.3, -0.25) is 4.98 Å². The third-order valence-corrected chi connectivity index (χ3v) is 5.74. The lowest BCUT2D eigenvalue weighted by atomic mass is 9.96. The molecule has 5 heterocycles. The fourth-order valence-electron chi connectivity index (χ4n) is 3.89. The van der Waals surface area contributed by atoms with Crippen LogP contribution in [0.5, 0.6) is 0 Å². The summed E-state index contributed by atoms with van der Waals surface area (Å²) >= 11 is 0. The van der Waals surface area contributed by atoms with E-state index in [2.05, 4.69) is 30.5 Å². The zero-order chi connectivity index (χ0) is 23.6. The van der Waals surface area contributed by atoms with Gasteiger partial charge in [0, 0.05) is 30.3 Å². The van der Waals surface area contributed by atoms with Crippen LogP contribution in [-0.4, -0.2) is 60.4 Å². The van der Waals surface area contributed by atoms with Crippen LogP contribution in [0.2, 0.25) is 0 Å². The van der Waals surface area contributed by atoms with Crippen LogP contribution in [-0.2, 0) is 17.6 Å². The van der Waals surface area contributed by atoms with Crippen molar-refractivity contribution in [2.24, 2.45) is 10.2 Å². The quantitative estimate of drug-likeness (QED) is 0.635. The van der Waals surface area contributed by atoms with Crippen molar-refractivity contribution in [2.75, 3.05) is 18.0 Å². The van der Waals surface area contributed by atoms with Gasteiger partial charge in [-0.05, 0) is 12.5 Å². The number of nitrogens with zero attached hydrogens (tertiary/aromatic N) is 9. The number of fused-ring (bicyclic) bond motifs is 1. The number of pyridine rings is 1. The van der Waals surface area contributed by atoms with E-state index < -0.39 is 23.4 Å². The molecule has 0 saturated carbocycles. The molecule has 1 saturated heterocycles. The summed E-state index contributed by atoms with van der Waals surface area (Å²) in [6.45, 7) is 6.80. The molecule has 0 radical (unpaired) electrons. The van der Waals surface area contributed by atoms with Crippen LogP contribution in [0.15, 0.2) is 28.6 Å². The number of β-amino-alcohol motifs (C(OH)–C–C–N with tert-alkyl or cyclic N) is 1. The van der Waals surface area contributed by atoms with Crippen LogP contribution in [0.1, 0.15) is 44.3 Å². The number of anilines is 1. The van der Waals surface area contributed by atoms with Crippen molar-refractivity contribution in [3.63, 3.8) is 0 Å². The number of aromatic nitrogens is 6. The SMILES string of the molecule is CC(C)(C)c1nc(N2CC[C@H](O)C2)c2nnn(Cc3ncccc3C3(C(F)(F)F)N=N3)c2n1. The van der Waals surface area contributed by atoms with Gasteiger partial charge in [0.05, 0.1) is 18.3 Å². The highest BCUT2D eigenvalue weighted by Crippen LogP contribution is 2.53. The fraction of sp³-hybridized carbons (Fsp3) is 0.550. The molecule has 1 atom stereocenters. The molecule has 0 aliphatic carbocycles. The standard InChI is InChI=1S/C20H22F3N9O/c1-18(2,3)17-25-15(31-8-6-11(33)9-31)14-16(26-17)32(30-27-14)10-13-12(5-4-7-24-13)19(28-29-19)20(21,22)23/h4-5,7,11,33H,6,8-10H2,1-3H3/t11-/m0/s1. The average molecular weight is 461 g/mol. The Morgan fingerprint density at radius 2 is 1.94 bits per heavy atom. The molecule has 2 aliphatic heterocycles. The summed E-state index contributed by atoms with van der Waals surface area (Å²) in [5, 5.41) is 25.0. The molecule has 13 heteroatoms. The predicted octanol–water partition coefficient (Wildman–Crippen LogP) is 2.71. The lowest BCUT2D eigenvalue weighted by Gasteiger charge is -2.22. The average Bonchev–Trinajstić information content (AvgIpc) is 3.31. The van der Waals surface area contributed by atoms with Crippen LogP contribution < -0.4 is 4.90 Å². The van der Waals surface area contributed by atoms with E-state index in [1.54, 1.807) is 0 Å². The molecule has 174 valence electrons. The minimum absolute atomic E-state index is 0.0990. The summed E-state index contributed by atoms with van der Waals surface area (Å²) in [6, 6.07) is 2.74. The van der Waals surface area contributed by atoms with Gasteiger partial charge in [0.25, 0.3) is 0 Å². The molecule has 0 amide bonds. The van der Waals surface area contributed by atoms with Crippen LogP contribution in [0.3, 0.4) is 0 Å². The van der Waals surface area contributed by atoms with Gasteiger partial charge in [0.2, 0.25) is 0 Å². The fourth-order valence-corrected chi connectivity index (χ4v) is 3.89. The third kappa shape index (κ3) is 3.59. The van der Waals surface area contributed by atoms with Gasteiger partial charge in [0.15, 0.2) is 17.0 Å². The number of aliphatic hydroxyl groups is 1. The monoisotopic (exact) mass is 461 g/mol. The normalized spacial score (nSPS) is 20.1. The first-order valence-electron chi connectivity index (χ1n) is 10.5. The number of rotatable bonds is 4. The Morgan fingerprint density at radius 1 is 1.18 bits per heavy atom. The van der Waals surface area contributed by atoms with E-state index in [0.29, 0.717) is 42.3 Å². The van der Waals surface area contributed by atoms with E-state index in [-0.39, 0.29) is 17.8 Å². The molecule has 3 aromatic rings. The van der Waals surface area contributed by atoms with Gasteiger partial charge in [-0.2, -0.15) is 13.2 Å². The zero-order valence-electron chi connectivity index (χ0n) is 18.2. The first-order valence-corrected chi connectivity index (χ1v) is 10.5. The van der Waals surface area contributed by atoms with Crippen molar-refractivity contribution in [3.8, 4) is 0 Å². The van der Waals surface area contributed by atoms with Crippen LogP contribution in [0.4, 0.5) is 19.0 Å². The molecule has 33 heavy (non-hydrogen) atoms. The minimum atomic E-state index is -4.67. The maximum atomic E-state index is 13.6. The molecule has 0 spiro atoms. The Bertz CT molecular complexity index is 1240. The molecule has 2 aliphatic rings. The van der Waals surface area contributed by atoms with Crippen molar-refractivity contribution in [2.45, 2.75) is 57.1 Å². The second-order valence-electron chi connectivity index (χ2n) is 9.30. The predicted molar refractivity (Wildman–Crippen MR) is 111 cm³/mol. The molecule has 3 aromatic heterocycles. The Labute approximate surface area is 186 Å². The van der Waals surface area contributed by atoms with Gasteiger partial charge in [-0.15, -0.1) is 15.3 Å². The molecule has 10 nitrogen and oxygen atoms in total. The van der Waals surface area contributed by atoms with Gasteiger partial charge in [-0.25, -0.2) is 14.6 Å². The lowest BCUT2D eigenvalue weighted by Crippen LogP contribution is -2.32. The van der Waals surface area contributed by atoms with Crippen LogP contribution >= 0.6 is 0 Å². The maximum absolute atomic E-state index is 13.6. The molecular weight excluding hydrogens is 439 g/mol. The molecular formula is C20H22F3N9O. The Kier molecular flexibility index (Phi) is 4.68. The number of hydrogen-bond donors (Lipinski definition) is 1. The summed E-state index contributed by atoms with van der Waals surface area (Å²) < 4.78 is 42.3. The molecule has 1 fully saturated rings. The minimum Gasteiger partial charge on any atom is -0.391 e. The van der Waals surface area contributed by atoms with Crippen LogP contribution in [0, 0.1) is 0 Å². The molecule has 5 rings (SSSR count). The van der Waals surface area contributed by atoms with Crippen molar-refractivity contribution in [1.29, 1.82) is 0 Å². The molecule has 1 N–H and O–H groups in total. The van der Waals surface area contributed by atoms with Crippen LogP contribution in [0.25, 0.3) is 11.2 Å². The number of hydrogen-bond acceptors (Lipinski definition) is 9. The second kappa shape index (κ2) is 7.14. The second-order valence-corrected chi connectivity index (χ2v) is 9.30. The molecule has 0 unspecified atom stereocenters. The van der Waals surface area contributed by atoms with Crippen molar-refractivity contribution >= 4 is 17.0 Å². The van der Waals surface area contributed by atoms with Gasteiger partial charge in [-0.1, -0.05) is 32.1 Å². The van der Waals surface area contributed by atoms with Gasteiger partial charge in [0.1, 0.15) is 5.82 Å². The molecule has 0 aromatic carbocycles. The Morgan fingerprint density at radius 3 is 2.55 bits per heavy atom. The van der Waals surface area contributed by atoms with Gasteiger partial charge < -0.3 is 10.0 Å². The van der Waals surface area contributed by atoms with Gasteiger partial charge >= 0.3 is 11.8 Å². The lowest BCUT2D eigenvalue weighted by molar-refractivity contribution is -0.166. The zero-order valence-corrected chi connectivity index (χ0v) is 18.2. The Balaban J connectivity index is 1.60. The van der Waals surface area contributed by atoms with E-state index >= 15 is 0 Å². The summed E-state index contributed by atoms with van der Waals surface area (Å²) in [5.74, 6) is 1.09. The maximum Gasteiger partial charge on any atom is 0.442 e. The number of alkyl halides is 3. The Hall–Kier alpha value is -3.22. The first-order chi connectivity index (χ1) is 15.5. The van der Waals surface area contributed by atoms with Crippen molar-refractivity contribution < 1.29 is 18.3 Å². The summed E-state index contributed by atoms with van der Waals surface area (Å²) in [6.07, 6.45) is -3.12. The smallest absolute Gasteiger partial charge is 0.391 e. The highest BCUT2D eigenvalue weighted by atomic mass is 19.4. The number of aliphatic hydroxyl groups excluding tert-OH is 1. The van der Waals surface area contributed by atoms with E-state index in [1.807, 2.05) is 25.7 Å².